The molecule has 1 aromatic heterocycles. The number of aryl methyl sites for hydroxylation is 3. The summed E-state index contributed by atoms with van der Waals surface area (Å²) in [4.78, 5) is 13.5. The Kier molecular flexibility index (Phi) is 6.01. The molecule has 0 saturated carbocycles. The Hall–Kier alpha value is -3.73. The van der Waals surface area contributed by atoms with Gasteiger partial charge >= 0.3 is 0 Å². The van der Waals surface area contributed by atoms with Crippen LogP contribution in [-0.4, -0.2) is 13.2 Å². The average Bonchev–Trinajstić information content (AvgIpc) is 2.85. The molecule has 174 valence electrons. The van der Waals surface area contributed by atoms with Gasteiger partial charge in [-0.3, -0.25) is 4.79 Å². The summed E-state index contributed by atoms with van der Waals surface area (Å²) in [6.07, 6.45) is 3.27. The summed E-state index contributed by atoms with van der Waals surface area (Å²) in [6.45, 7) is 7.77. The maximum Gasteiger partial charge on any atom is 0.200 e. The highest BCUT2D eigenvalue weighted by molar-refractivity contribution is 5.84. The van der Waals surface area contributed by atoms with Crippen molar-refractivity contribution < 1.29 is 18.6 Å². The van der Waals surface area contributed by atoms with Crippen LogP contribution in [0.3, 0.4) is 0 Å². The van der Waals surface area contributed by atoms with Gasteiger partial charge in [-0.25, -0.2) is 0 Å². The Morgan fingerprint density at radius 2 is 1.74 bits per heavy atom. The number of fused-ring (bicyclic) bond motifs is 2. The van der Waals surface area contributed by atoms with E-state index < -0.39 is 0 Å². The van der Waals surface area contributed by atoms with Gasteiger partial charge in [-0.1, -0.05) is 43.2 Å². The molecular formula is C29H28O5. The van der Waals surface area contributed by atoms with Crippen molar-refractivity contribution in [2.24, 2.45) is 0 Å². The van der Waals surface area contributed by atoms with Gasteiger partial charge < -0.3 is 18.6 Å². The zero-order valence-electron chi connectivity index (χ0n) is 19.8. The van der Waals surface area contributed by atoms with E-state index in [2.05, 4.69) is 39.0 Å². The molecule has 1 aliphatic heterocycles. The van der Waals surface area contributed by atoms with Crippen molar-refractivity contribution in [2.75, 3.05) is 13.2 Å². The highest BCUT2D eigenvalue weighted by Gasteiger charge is 2.17. The molecule has 5 heteroatoms. The number of ether oxygens (including phenoxy) is 3. The maximum absolute atomic E-state index is 13.5. The molecule has 0 N–H and O–H groups in total. The van der Waals surface area contributed by atoms with Crippen LogP contribution in [0.2, 0.25) is 0 Å². The molecule has 0 spiro atoms. The predicted octanol–water partition coefficient (Wildman–Crippen LogP) is 6.38. The summed E-state index contributed by atoms with van der Waals surface area (Å²) in [6, 6.07) is 15.7. The second kappa shape index (κ2) is 9.26. The van der Waals surface area contributed by atoms with E-state index in [4.69, 9.17) is 18.6 Å². The van der Waals surface area contributed by atoms with Gasteiger partial charge in [0.2, 0.25) is 5.43 Å². The third-order valence-corrected chi connectivity index (χ3v) is 6.22. The first-order valence-electron chi connectivity index (χ1n) is 11.7. The third-order valence-electron chi connectivity index (χ3n) is 6.22. The third kappa shape index (κ3) is 4.26. The first-order chi connectivity index (χ1) is 16.5. The number of benzene rings is 3. The summed E-state index contributed by atoms with van der Waals surface area (Å²) >= 11 is 0. The second-order valence-electron chi connectivity index (χ2n) is 8.76. The molecule has 0 aliphatic carbocycles. The van der Waals surface area contributed by atoms with Gasteiger partial charge in [0.05, 0.1) is 10.9 Å². The Morgan fingerprint density at radius 1 is 0.912 bits per heavy atom. The minimum atomic E-state index is -0.0728. The Labute approximate surface area is 198 Å². The van der Waals surface area contributed by atoms with Crippen LogP contribution in [0.15, 0.2) is 64.0 Å². The van der Waals surface area contributed by atoms with Gasteiger partial charge in [-0.05, 0) is 60.7 Å². The van der Waals surface area contributed by atoms with Gasteiger partial charge in [0.25, 0.3) is 0 Å². The zero-order chi connectivity index (χ0) is 23.7. The fourth-order valence-corrected chi connectivity index (χ4v) is 4.32. The number of rotatable bonds is 6. The molecule has 0 saturated heterocycles. The van der Waals surface area contributed by atoms with Gasteiger partial charge in [-0.15, -0.1) is 0 Å². The Balaban J connectivity index is 1.52. The zero-order valence-corrected chi connectivity index (χ0v) is 19.8. The highest BCUT2D eigenvalue weighted by Crippen LogP contribution is 2.35. The first-order valence-corrected chi connectivity index (χ1v) is 11.7. The van der Waals surface area contributed by atoms with Crippen molar-refractivity contribution >= 4 is 11.0 Å². The predicted molar refractivity (Wildman–Crippen MR) is 133 cm³/mol. The highest BCUT2D eigenvalue weighted by atomic mass is 16.6. The molecule has 3 aromatic carbocycles. The monoisotopic (exact) mass is 456 g/mol. The van der Waals surface area contributed by atoms with Crippen LogP contribution in [0.5, 0.6) is 17.2 Å². The van der Waals surface area contributed by atoms with Crippen LogP contribution >= 0.6 is 0 Å². The fraction of sp³-hybridized carbons (Fsp3) is 0.276. The van der Waals surface area contributed by atoms with Crippen LogP contribution in [-0.2, 0) is 13.0 Å². The van der Waals surface area contributed by atoms with Crippen molar-refractivity contribution in [3.63, 3.8) is 0 Å². The van der Waals surface area contributed by atoms with Gasteiger partial charge in [0.1, 0.15) is 37.4 Å². The normalized spacial score (nSPS) is 12.7. The average molecular weight is 457 g/mol. The minimum absolute atomic E-state index is 0.0728. The molecule has 34 heavy (non-hydrogen) atoms. The smallest absolute Gasteiger partial charge is 0.200 e. The van der Waals surface area contributed by atoms with Crippen molar-refractivity contribution in [2.45, 2.75) is 40.2 Å². The van der Waals surface area contributed by atoms with Gasteiger partial charge in [-0.2, -0.15) is 0 Å². The molecule has 5 rings (SSSR count). The van der Waals surface area contributed by atoms with Gasteiger partial charge in [0.15, 0.2) is 11.5 Å². The molecule has 0 atom stereocenters. The van der Waals surface area contributed by atoms with Crippen molar-refractivity contribution in [3.8, 4) is 28.4 Å². The van der Waals surface area contributed by atoms with Gasteiger partial charge in [0, 0.05) is 6.07 Å². The summed E-state index contributed by atoms with van der Waals surface area (Å²) in [7, 11) is 0. The van der Waals surface area contributed by atoms with Crippen molar-refractivity contribution in [3.05, 3.63) is 87.3 Å². The molecular weight excluding hydrogens is 428 g/mol. The van der Waals surface area contributed by atoms with E-state index in [-0.39, 0.29) is 5.43 Å². The van der Waals surface area contributed by atoms with E-state index in [1.807, 2.05) is 30.3 Å². The van der Waals surface area contributed by atoms with E-state index in [1.165, 1.54) is 17.4 Å². The van der Waals surface area contributed by atoms with Crippen LogP contribution in [0.1, 0.15) is 35.6 Å². The molecule has 0 unspecified atom stereocenters. The topological polar surface area (TPSA) is 57.9 Å². The summed E-state index contributed by atoms with van der Waals surface area (Å²) in [5.74, 6) is 2.09. The molecule has 0 bridgehead atoms. The Bertz CT molecular complexity index is 1420. The second-order valence-corrected chi connectivity index (χ2v) is 8.76. The lowest BCUT2D eigenvalue weighted by atomic mass is 10.0. The summed E-state index contributed by atoms with van der Waals surface area (Å²) in [5.41, 5.74) is 6.24. The lowest BCUT2D eigenvalue weighted by Gasteiger charge is -2.18. The number of hydrogen-bond donors (Lipinski definition) is 0. The van der Waals surface area contributed by atoms with E-state index in [0.29, 0.717) is 47.9 Å². The van der Waals surface area contributed by atoms with E-state index >= 15 is 0 Å². The molecule has 4 aromatic rings. The molecule has 1 aliphatic rings. The standard InChI is InChI=1S/C29H28O5/c1-4-5-21-13-23-27(15-26(21)33-16-22-12-18(2)6-7-19(22)3)34-17-24(29(23)30)20-8-9-25-28(14-20)32-11-10-31-25/h6-9,12-15,17H,4-5,10-11,16H2,1-3H3. The van der Waals surface area contributed by atoms with Crippen LogP contribution in [0.4, 0.5) is 0 Å². The lowest BCUT2D eigenvalue weighted by Crippen LogP contribution is -2.15. The molecule has 0 fully saturated rings. The SMILES string of the molecule is CCCc1cc2c(=O)c(-c3ccc4c(c3)OCCO4)coc2cc1OCc1cc(C)ccc1C. The molecule has 0 radical (unpaired) electrons. The first kappa shape index (κ1) is 22.1. The Morgan fingerprint density at radius 3 is 2.56 bits per heavy atom. The largest absolute Gasteiger partial charge is 0.488 e. The van der Waals surface area contributed by atoms with Crippen LogP contribution in [0, 0.1) is 13.8 Å². The van der Waals surface area contributed by atoms with Crippen LogP contribution < -0.4 is 19.6 Å². The maximum atomic E-state index is 13.5. The lowest BCUT2D eigenvalue weighted by molar-refractivity contribution is 0.171. The minimum Gasteiger partial charge on any atom is -0.488 e. The molecule has 5 nitrogen and oxygen atoms in total. The van der Waals surface area contributed by atoms with E-state index in [9.17, 15) is 4.79 Å². The van der Waals surface area contributed by atoms with Crippen molar-refractivity contribution in [1.82, 2.24) is 0 Å². The molecule has 0 amide bonds. The summed E-state index contributed by atoms with van der Waals surface area (Å²) < 4.78 is 23.5. The molecule has 2 heterocycles. The van der Waals surface area contributed by atoms with Crippen molar-refractivity contribution in [1.29, 1.82) is 0 Å². The fourth-order valence-electron chi connectivity index (χ4n) is 4.32. The number of hydrogen-bond acceptors (Lipinski definition) is 5. The quantitative estimate of drug-likeness (QED) is 0.337. The van der Waals surface area contributed by atoms with E-state index in [1.54, 1.807) is 0 Å². The van der Waals surface area contributed by atoms with E-state index in [0.717, 1.165) is 35.3 Å². The summed E-state index contributed by atoms with van der Waals surface area (Å²) in [5, 5.41) is 0.551. The van der Waals surface area contributed by atoms with Crippen LogP contribution in [0.25, 0.3) is 22.1 Å².